The summed E-state index contributed by atoms with van der Waals surface area (Å²) in [6, 6.07) is 6.29. The third-order valence-electron chi connectivity index (χ3n) is 2.55. The molecule has 0 aliphatic carbocycles. The second-order valence-corrected chi connectivity index (χ2v) is 5.28. The van der Waals surface area contributed by atoms with Gasteiger partial charge in [0.2, 0.25) is 5.91 Å². The maximum Gasteiger partial charge on any atom is 0.417 e. The first-order valence-corrected chi connectivity index (χ1v) is 6.47. The van der Waals surface area contributed by atoms with Crippen molar-refractivity contribution in [3.05, 3.63) is 34.3 Å². The van der Waals surface area contributed by atoms with Crippen molar-refractivity contribution in [2.75, 3.05) is 0 Å². The van der Waals surface area contributed by atoms with Gasteiger partial charge in [-0.3, -0.25) is 20.4 Å². The minimum atomic E-state index is -4.95. The molecule has 0 saturated heterocycles. The topological polar surface area (TPSA) is 78.4 Å². The van der Waals surface area contributed by atoms with E-state index < -0.39 is 30.0 Å². The van der Waals surface area contributed by atoms with Gasteiger partial charge in [0.25, 0.3) is 5.91 Å². The number of hydrogen-bond donors (Lipinski definition) is 3. The van der Waals surface area contributed by atoms with Gasteiger partial charge in [-0.1, -0.05) is 12.1 Å². The lowest BCUT2D eigenvalue weighted by atomic mass is 10.0. The Bertz CT molecular complexity index is 547. The van der Waals surface area contributed by atoms with E-state index in [1.165, 1.54) is 6.07 Å². The lowest BCUT2D eigenvalue weighted by Gasteiger charge is -2.25. The van der Waals surface area contributed by atoms with Crippen LogP contribution in [0.1, 0.15) is 23.7 Å². The number of hydrogen-bond acceptors (Lipinski definition) is 3. The Morgan fingerprint density at radius 1 is 1.24 bits per heavy atom. The van der Waals surface area contributed by atoms with Gasteiger partial charge in [0, 0.05) is 4.47 Å². The Morgan fingerprint density at radius 2 is 1.81 bits per heavy atom. The molecule has 0 saturated carbocycles. The first-order chi connectivity index (χ1) is 9.54. The maximum absolute atomic E-state index is 12.4. The minimum absolute atomic E-state index is 0.195. The molecule has 1 aromatic carbocycles. The number of nitrogens with one attached hydrogen (secondary N) is 2. The molecule has 0 fully saturated rings. The summed E-state index contributed by atoms with van der Waals surface area (Å²) in [6.07, 6.45) is -6.18. The molecule has 0 radical (unpaired) electrons. The van der Waals surface area contributed by atoms with Crippen molar-refractivity contribution < 1.29 is 27.9 Å². The van der Waals surface area contributed by atoms with Gasteiger partial charge in [-0.15, -0.1) is 0 Å². The van der Waals surface area contributed by atoms with Crippen LogP contribution in [0, 0.1) is 0 Å². The highest BCUT2D eigenvalue weighted by molar-refractivity contribution is 9.10. The smallest absolute Gasteiger partial charge is 0.380 e. The Hall–Kier alpha value is -1.61. The summed E-state index contributed by atoms with van der Waals surface area (Å²) in [5.41, 5.74) is 0.807. The van der Waals surface area contributed by atoms with E-state index in [9.17, 15) is 22.8 Å². The lowest BCUT2D eigenvalue weighted by Crippen LogP contribution is -2.49. The van der Waals surface area contributed by atoms with Crippen molar-refractivity contribution in [2.24, 2.45) is 0 Å². The first kappa shape index (κ1) is 17.4. The predicted molar refractivity (Wildman–Crippen MR) is 71.0 cm³/mol. The molecule has 3 N–H and O–H groups in total. The number of amides is 2. The van der Waals surface area contributed by atoms with Crippen molar-refractivity contribution in [3.8, 4) is 0 Å². The molecule has 1 rings (SSSR count). The molecule has 2 amide bonds. The van der Waals surface area contributed by atoms with Crippen LogP contribution in [0.2, 0.25) is 0 Å². The maximum atomic E-state index is 12.4. The number of aliphatic hydroxyl groups is 1. The Kier molecular flexibility index (Phi) is 5.35. The third kappa shape index (κ3) is 4.71. The molecular formula is C12H12BrF3N2O3. The van der Waals surface area contributed by atoms with Crippen LogP contribution in [0.5, 0.6) is 0 Å². The number of hydrazine groups is 1. The zero-order valence-electron chi connectivity index (χ0n) is 10.8. The highest BCUT2D eigenvalue weighted by Gasteiger charge is 2.51. The fourth-order valence-corrected chi connectivity index (χ4v) is 1.76. The minimum Gasteiger partial charge on any atom is -0.380 e. The average Bonchev–Trinajstić information content (AvgIpc) is 2.34. The standard InChI is InChI=1S/C12H12BrF3N2O3/c1-11(21,12(14,15)16)6-9(19)17-18-10(20)7-4-2-3-5-8(7)13/h2-5,21H,6H2,1H3,(H,17,19)(H,18,20)/t11-/m0/s1. The largest absolute Gasteiger partial charge is 0.417 e. The van der Waals surface area contributed by atoms with Crippen molar-refractivity contribution in [2.45, 2.75) is 25.1 Å². The summed E-state index contributed by atoms with van der Waals surface area (Å²) in [4.78, 5) is 23.0. The fourth-order valence-electron chi connectivity index (χ4n) is 1.30. The SMILES string of the molecule is C[C@](O)(CC(=O)NNC(=O)c1ccccc1Br)C(F)(F)F. The summed E-state index contributed by atoms with van der Waals surface area (Å²) in [5.74, 6) is -1.87. The summed E-state index contributed by atoms with van der Waals surface area (Å²) in [6.45, 7) is 0.474. The highest BCUT2D eigenvalue weighted by Crippen LogP contribution is 2.32. The summed E-state index contributed by atoms with van der Waals surface area (Å²) in [5, 5.41) is 9.14. The van der Waals surface area contributed by atoms with E-state index in [-0.39, 0.29) is 5.56 Å². The second-order valence-electron chi connectivity index (χ2n) is 4.43. The molecule has 5 nitrogen and oxygen atoms in total. The normalized spacial score (nSPS) is 14.2. The van der Waals surface area contributed by atoms with Crippen LogP contribution >= 0.6 is 15.9 Å². The quantitative estimate of drug-likeness (QED) is 0.713. The summed E-state index contributed by atoms with van der Waals surface area (Å²) >= 11 is 3.12. The number of rotatable bonds is 3. The Balaban J connectivity index is 2.58. The molecule has 21 heavy (non-hydrogen) atoms. The molecule has 1 atom stereocenters. The lowest BCUT2D eigenvalue weighted by molar-refractivity contribution is -0.253. The van der Waals surface area contributed by atoms with Gasteiger partial charge in [-0.05, 0) is 35.0 Å². The zero-order valence-corrected chi connectivity index (χ0v) is 12.4. The molecule has 0 aliphatic rings. The van der Waals surface area contributed by atoms with E-state index in [1.807, 2.05) is 10.9 Å². The van der Waals surface area contributed by atoms with Crippen LogP contribution in [0.4, 0.5) is 13.2 Å². The van der Waals surface area contributed by atoms with Gasteiger partial charge in [0.15, 0.2) is 5.60 Å². The van der Waals surface area contributed by atoms with Gasteiger partial charge in [-0.25, -0.2) is 0 Å². The van der Waals surface area contributed by atoms with Crippen molar-refractivity contribution in [3.63, 3.8) is 0 Å². The van der Waals surface area contributed by atoms with Crippen LogP contribution in [0.25, 0.3) is 0 Å². The molecule has 0 aromatic heterocycles. The number of halogens is 4. The second kappa shape index (κ2) is 6.44. The van der Waals surface area contributed by atoms with E-state index in [0.717, 1.165) is 0 Å². The van der Waals surface area contributed by atoms with E-state index in [1.54, 1.807) is 18.2 Å². The summed E-state index contributed by atoms with van der Waals surface area (Å²) in [7, 11) is 0. The number of carbonyl (C=O) groups is 2. The van der Waals surface area contributed by atoms with Crippen LogP contribution in [-0.2, 0) is 4.79 Å². The Labute approximate surface area is 126 Å². The van der Waals surface area contributed by atoms with Crippen LogP contribution in [0.3, 0.4) is 0 Å². The number of benzene rings is 1. The van der Waals surface area contributed by atoms with Crippen LogP contribution < -0.4 is 10.9 Å². The Morgan fingerprint density at radius 3 is 2.33 bits per heavy atom. The van der Waals surface area contributed by atoms with Crippen molar-refractivity contribution in [1.82, 2.24) is 10.9 Å². The van der Waals surface area contributed by atoms with Crippen LogP contribution in [0.15, 0.2) is 28.7 Å². The fraction of sp³-hybridized carbons (Fsp3) is 0.333. The molecule has 1 aromatic rings. The predicted octanol–water partition coefficient (Wildman–Crippen LogP) is 1.91. The number of carbonyl (C=O) groups excluding carboxylic acids is 2. The van der Waals surface area contributed by atoms with Gasteiger partial charge in [0.05, 0.1) is 12.0 Å². The van der Waals surface area contributed by atoms with Crippen molar-refractivity contribution >= 4 is 27.7 Å². The molecule has 0 spiro atoms. The monoisotopic (exact) mass is 368 g/mol. The van der Waals surface area contributed by atoms with E-state index in [4.69, 9.17) is 5.11 Å². The summed E-state index contributed by atoms with van der Waals surface area (Å²) < 4.78 is 37.6. The van der Waals surface area contributed by atoms with Gasteiger partial charge >= 0.3 is 6.18 Å². The van der Waals surface area contributed by atoms with Crippen molar-refractivity contribution in [1.29, 1.82) is 0 Å². The van der Waals surface area contributed by atoms with E-state index >= 15 is 0 Å². The molecular weight excluding hydrogens is 357 g/mol. The third-order valence-corrected chi connectivity index (χ3v) is 3.24. The van der Waals surface area contributed by atoms with Crippen LogP contribution in [-0.4, -0.2) is 28.7 Å². The van der Waals surface area contributed by atoms with Gasteiger partial charge in [-0.2, -0.15) is 13.2 Å². The molecule has 0 aliphatic heterocycles. The number of alkyl halides is 3. The molecule has 0 bridgehead atoms. The highest BCUT2D eigenvalue weighted by atomic mass is 79.9. The van der Waals surface area contributed by atoms with E-state index in [2.05, 4.69) is 15.9 Å². The molecule has 0 unspecified atom stereocenters. The molecule has 116 valence electrons. The first-order valence-electron chi connectivity index (χ1n) is 5.67. The van der Waals surface area contributed by atoms with Gasteiger partial charge in [0.1, 0.15) is 0 Å². The molecule has 0 heterocycles. The van der Waals surface area contributed by atoms with Gasteiger partial charge < -0.3 is 5.11 Å². The molecule has 9 heteroatoms. The van der Waals surface area contributed by atoms with E-state index in [0.29, 0.717) is 11.4 Å². The zero-order chi connectivity index (χ0) is 16.3. The average molecular weight is 369 g/mol.